The van der Waals surface area contributed by atoms with E-state index in [0.29, 0.717) is 26.4 Å². The van der Waals surface area contributed by atoms with Crippen molar-refractivity contribution in [1.82, 2.24) is 5.32 Å². The summed E-state index contributed by atoms with van der Waals surface area (Å²) in [6.45, 7) is 5.72. The van der Waals surface area contributed by atoms with Crippen molar-refractivity contribution in [3.8, 4) is 0 Å². The van der Waals surface area contributed by atoms with Crippen LogP contribution in [-0.2, 0) is 21.1 Å². The topological polar surface area (TPSA) is 72.3 Å². The summed E-state index contributed by atoms with van der Waals surface area (Å²) >= 11 is 0. The van der Waals surface area contributed by atoms with E-state index in [1.54, 1.807) is 25.1 Å². The van der Waals surface area contributed by atoms with E-state index in [1.807, 2.05) is 25.6 Å². The van der Waals surface area contributed by atoms with Gasteiger partial charge < -0.3 is 15.0 Å². The van der Waals surface area contributed by atoms with Crippen molar-refractivity contribution in [3.05, 3.63) is 64.5 Å². The fraction of sp³-hybridized carbons (Fsp3) is 0.286. The molecule has 1 N–H and O–H groups in total. The van der Waals surface area contributed by atoms with E-state index in [1.165, 1.54) is 20.2 Å². The van der Waals surface area contributed by atoms with Gasteiger partial charge in [0.2, 0.25) is 0 Å². The number of amides is 1. The lowest BCUT2D eigenvalue weighted by molar-refractivity contribution is -0.114. The molecule has 0 saturated heterocycles. The van der Waals surface area contributed by atoms with Gasteiger partial charge >= 0.3 is 0 Å². The Morgan fingerprint density at radius 1 is 1.21 bits per heavy atom. The number of hydrogen-bond donors (Lipinski definition) is 1. The highest BCUT2D eigenvalue weighted by atomic mass is 28.2. The third-order valence-corrected chi connectivity index (χ3v) is 5.23. The monoisotopic (exact) mass is 413 g/mol. The van der Waals surface area contributed by atoms with Gasteiger partial charge in [0, 0.05) is 23.7 Å². The van der Waals surface area contributed by atoms with E-state index in [9.17, 15) is 9.18 Å². The van der Waals surface area contributed by atoms with E-state index in [0.717, 1.165) is 16.3 Å². The molecular weight excluding hydrogens is 389 g/mol. The molecule has 2 aromatic rings. The Morgan fingerprint density at radius 3 is 2.62 bits per heavy atom. The van der Waals surface area contributed by atoms with E-state index >= 15 is 0 Å². The van der Waals surface area contributed by atoms with Gasteiger partial charge in [0.1, 0.15) is 19.5 Å². The lowest BCUT2D eigenvalue weighted by atomic mass is 9.98. The number of carbonyl (C=O) groups excluding carboxylic acids is 1. The number of aryl methyl sites for hydroxylation is 1. The minimum Gasteiger partial charge on any atom is -0.398 e. The van der Waals surface area contributed by atoms with Crippen molar-refractivity contribution >= 4 is 32.0 Å². The molecule has 8 heteroatoms. The van der Waals surface area contributed by atoms with Crippen LogP contribution in [0.25, 0.3) is 0 Å². The second-order valence-corrected chi connectivity index (χ2v) is 7.27. The molecule has 0 fully saturated rings. The van der Waals surface area contributed by atoms with Gasteiger partial charge in [-0.1, -0.05) is 52.4 Å². The second-order valence-electron chi connectivity index (χ2n) is 6.20. The first-order chi connectivity index (χ1) is 13.9. The smallest absolute Gasteiger partial charge is 0.273 e. The Morgan fingerprint density at radius 2 is 1.97 bits per heavy atom. The average Bonchev–Trinajstić information content (AvgIpc) is 2.73. The highest BCUT2D eigenvalue weighted by molar-refractivity contribution is 6.52. The van der Waals surface area contributed by atoms with Crippen LogP contribution in [-0.4, -0.2) is 41.0 Å². The lowest BCUT2D eigenvalue weighted by Gasteiger charge is -2.13. The van der Waals surface area contributed by atoms with Crippen LogP contribution < -0.4 is 10.5 Å². The van der Waals surface area contributed by atoms with E-state index < -0.39 is 0 Å². The first-order valence-corrected chi connectivity index (χ1v) is 10.5. The van der Waals surface area contributed by atoms with Gasteiger partial charge in [0.15, 0.2) is 5.71 Å². The minimum absolute atomic E-state index is 0.0932. The zero-order valence-electron chi connectivity index (χ0n) is 17.2. The number of oxime groups is 2. The van der Waals surface area contributed by atoms with Crippen molar-refractivity contribution < 1.29 is 18.9 Å². The summed E-state index contributed by atoms with van der Waals surface area (Å²) < 4.78 is 14.1. The van der Waals surface area contributed by atoms with Crippen molar-refractivity contribution in [2.45, 2.75) is 27.0 Å². The summed E-state index contributed by atoms with van der Waals surface area (Å²) in [5, 5.41) is 11.5. The SMILES string of the molecule is CNC(=O)/C(=N/OC)c1cccc(C)c1CO/N=C(\C)c1cc([Si]C)ccc1F. The maximum atomic E-state index is 14.1. The Hall–Kier alpha value is -3.00. The fourth-order valence-electron chi connectivity index (χ4n) is 2.74. The molecule has 0 aliphatic carbocycles. The molecule has 0 spiro atoms. The van der Waals surface area contributed by atoms with Gasteiger partial charge in [-0.2, -0.15) is 0 Å². The van der Waals surface area contributed by atoms with Crippen LogP contribution in [0.15, 0.2) is 46.7 Å². The lowest BCUT2D eigenvalue weighted by Crippen LogP contribution is -2.29. The highest BCUT2D eigenvalue weighted by Crippen LogP contribution is 2.18. The van der Waals surface area contributed by atoms with Crippen molar-refractivity contribution in [1.29, 1.82) is 0 Å². The molecule has 6 nitrogen and oxygen atoms in total. The van der Waals surface area contributed by atoms with Crippen molar-refractivity contribution in [2.24, 2.45) is 10.3 Å². The predicted octanol–water partition coefficient (Wildman–Crippen LogP) is 2.55. The molecule has 0 aromatic heterocycles. The normalized spacial score (nSPS) is 11.9. The standard InChI is InChI=1S/C21H24FN3O3Si/c1-13-7-6-8-16(20(25-27-4)21(26)23-3)18(13)12-28-24-14(2)17-11-15(29-5)9-10-19(17)22/h6-11H,12H2,1-5H3,(H,23,26)/b24-14+,25-20+. The predicted molar refractivity (Wildman–Crippen MR) is 113 cm³/mol. The number of halogens is 1. The molecule has 2 radical (unpaired) electrons. The first kappa shape index (κ1) is 22.3. The Kier molecular flexibility index (Phi) is 8.08. The largest absolute Gasteiger partial charge is 0.398 e. The summed E-state index contributed by atoms with van der Waals surface area (Å²) in [4.78, 5) is 22.6. The number of nitrogens with zero attached hydrogens (tertiary/aromatic N) is 2. The molecule has 0 atom stereocenters. The second kappa shape index (κ2) is 10.5. The van der Waals surface area contributed by atoms with Crippen molar-refractivity contribution in [2.75, 3.05) is 14.2 Å². The van der Waals surface area contributed by atoms with E-state index in [2.05, 4.69) is 15.6 Å². The third kappa shape index (κ3) is 5.51. The van der Waals surface area contributed by atoms with Gasteiger partial charge in [0.05, 0.1) is 15.2 Å². The molecule has 2 aromatic carbocycles. The van der Waals surface area contributed by atoms with Gasteiger partial charge in [0.25, 0.3) is 5.91 Å². The first-order valence-electron chi connectivity index (χ1n) is 8.99. The van der Waals surface area contributed by atoms with Crippen LogP contribution in [0.5, 0.6) is 0 Å². The van der Waals surface area contributed by atoms with Gasteiger partial charge in [-0.3, -0.25) is 4.79 Å². The number of rotatable bonds is 8. The van der Waals surface area contributed by atoms with Crippen molar-refractivity contribution in [3.63, 3.8) is 0 Å². The Labute approximate surface area is 172 Å². The number of likely N-dealkylation sites (N-methyl/N-ethyl adjacent to an activating group) is 1. The Bertz CT molecular complexity index is 945. The molecule has 0 unspecified atom stereocenters. The molecule has 2 rings (SSSR count). The zero-order chi connectivity index (χ0) is 21.4. The number of carbonyl (C=O) groups is 1. The molecule has 0 aliphatic rings. The minimum atomic E-state index is -0.377. The van der Waals surface area contributed by atoms with E-state index in [4.69, 9.17) is 9.68 Å². The molecule has 1 amide bonds. The highest BCUT2D eigenvalue weighted by Gasteiger charge is 2.19. The van der Waals surface area contributed by atoms with Gasteiger partial charge in [-0.05, 0) is 25.5 Å². The fourth-order valence-corrected chi connectivity index (χ4v) is 3.28. The summed E-state index contributed by atoms with van der Waals surface area (Å²) in [5.41, 5.74) is 3.22. The van der Waals surface area contributed by atoms with Crippen LogP contribution in [0.4, 0.5) is 4.39 Å². The number of benzene rings is 2. The van der Waals surface area contributed by atoms with Crippen LogP contribution in [0.1, 0.15) is 29.2 Å². The van der Waals surface area contributed by atoms with Crippen LogP contribution >= 0.6 is 0 Å². The summed E-state index contributed by atoms with van der Waals surface area (Å²) in [6.07, 6.45) is 0. The molecule has 0 heterocycles. The molecule has 0 saturated carbocycles. The van der Waals surface area contributed by atoms with Gasteiger partial charge in [-0.25, -0.2) is 4.39 Å². The Balaban J connectivity index is 2.30. The molecular formula is C21H24FN3O3Si. The number of hydrogen-bond acceptors (Lipinski definition) is 5. The molecule has 0 aliphatic heterocycles. The van der Waals surface area contributed by atoms with Crippen LogP contribution in [0, 0.1) is 12.7 Å². The zero-order valence-corrected chi connectivity index (χ0v) is 18.2. The average molecular weight is 414 g/mol. The van der Waals surface area contributed by atoms with Crippen LogP contribution in [0.3, 0.4) is 0 Å². The molecule has 0 bridgehead atoms. The van der Waals surface area contributed by atoms with Gasteiger partial charge in [-0.15, -0.1) is 0 Å². The molecule has 152 valence electrons. The summed E-state index contributed by atoms with van der Waals surface area (Å²) in [7, 11) is 3.46. The van der Waals surface area contributed by atoms with E-state index in [-0.39, 0.29) is 24.0 Å². The quantitative estimate of drug-likeness (QED) is 0.411. The van der Waals surface area contributed by atoms with Crippen LogP contribution in [0.2, 0.25) is 6.55 Å². The number of nitrogens with one attached hydrogen (secondary N) is 1. The summed E-state index contributed by atoms with van der Waals surface area (Å²) in [6, 6.07) is 10.5. The maximum absolute atomic E-state index is 14.1. The maximum Gasteiger partial charge on any atom is 0.273 e. The third-order valence-electron chi connectivity index (χ3n) is 4.35. The summed E-state index contributed by atoms with van der Waals surface area (Å²) in [5.74, 6) is -0.722. The molecule has 29 heavy (non-hydrogen) atoms.